The van der Waals surface area contributed by atoms with E-state index in [4.69, 9.17) is 9.47 Å². The number of aromatic nitrogens is 1. The number of nitriles is 1. The van der Waals surface area contributed by atoms with Crippen LogP contribution in [0.2, 0.25) is 0 Å². The number of para-hydroxylation sites is 1. The molecule has 0 aliphatic heterocycles. The van der Waals surface area contributed by atoms with E-state index in [0.717, 1.165) is 0 Å². The molecule has 7 nitrogen and oxygen atoms in total. The second kappa shape index (κ2) is 7.64. The standard InChI is InChI=1S/C20H16N2O5/c1-26-12-27-19-8-14(6-7-16(19)20(24)25)22-10-13(9-21)17(11-22)15-4-2-3-5-18(15)23/h2-8,10-11,23H,12H2,1H3,(H,24,25). The van der Waals surface area contributed by atoms with Gasteiger partial charge in [0, 0.05) is 42.4 Å². The lowest BCUT2D eigenvalue weighted by molar-refractivity contribution is 0.0483. The minimum Gasteiger partial charge on any atom is -0.507 e. The highest BCUT2D eigenvalue weighted by Crippen LogP contribution is 2.33. The summed E-state index contributed by atoms with van der Waals surface area (Å²) >= 11 is 0. The fourth-order valence-electron chi connectivity index (χ4n) is 2.70. The van der Waals surface area contributed by atoms with Gasteiger partial charge in [-0.3, -0.25) is 0 Å². The zero-order chi connectivity index (χ0) is 19.4. The van der Waals surface area contributed by atoms with E-state index in [-0.39, 0.29) is 23.9 Å². The Kier molecular flexibility index (Phi) is 5.11. The predicted octanol–water partition coefficient (Wildman–Crippen LogP) is 3.40. The van der Waals surface area contributed by atoms with Crippen LogP contribution in [0.5, 0.6) is 11.5 Å². The summed E-state index contributed by atoms with van der Waals surface area (Å²) in [5.74, 6) is -0.900. The molecule has 0 bridgehead atoms. The minimum atomic E-state index is -1.12. The maximum atomic E-state index is 11.4. The van der Waals surface area contributed by atoms with Crippen LogP contribution in [0.15, 0.2) is 54.9 Å². The van der Waals surface area contributed by atoms with Crippen LogP contribution in [0.4, 0.5) is 0 Å². The lowest BCUT2D eigenvalue weighted by atomic mass is 10.0. The average molecular weight is 364 g/mol. The van der Waals surface area contributed by atoms with Gasteiger partial charge in [-0.05, 0) is 18.2 Å². The van der Waals surface area contributed by atoms with Gasteiger partial charge in [0.05, 0.1) is 5.56 Å². The van der Waals surface area contributed by atoms with Gasteiger partial charge in [-0.25, -0.2) is 4.79 Å². The van der Waals surface area contributed by atoms with Crippen LogP contribution in [-0.4, -0.2) is 34.7 Å². The van der Waals surface area contributed by atoms with Gasteiger partial charge < -0.3 is 24.3 Å². The van der Waals surface area contributed by atoms with Crippen molar-refractivity contribution in [1.29, 1.82) is 5.26 Å². The molecule has 0 radical (unpaired) electrons. The quantitative estimate of drug-likeness (QED) is 0.650. The van der Waals surface area contributed by atoms with Crippen molar-refractivity contribution in [2.24, 2.45) is 0 Å². The molecule has 0 aliphatic carbocycles. The van der Waals surface area contributed by atoms with Gasteiger partial charge in [0.25, 0.3) is 0 Å². The van der Waals surface area contributed by atoms with Crippen molar-refractivity contribution in [2.45, 2.75) is 0 Å². The first-order valence-corrected chi connectivity index (χ1v) is 7.95. The third kappa shape index (κ3) is 3.61. The van der Waals surface area contributed by atoms with Crippen molar-refractivity contribution >= 4 is 5.97 Å². The molecule has 7 heteroatoms. The van der Waals surface area contributed by atoms with Crippen molar-refractivity contribution in [3.05, 3.63) is 66.0 Å². The number of carbonyl (C=O) groups is 1. The molecule has 27 heavy (non-hydrogen) atoms. The molecule has 1 heterocycles. The maximum Gasteiger partial charge on any atom is 0.339 e. The molecule has 0 fully saturated rings. The number of benzene rings is 2. The summed E-state index contributed by atoms with van der Waals surface area (Å²) in [7, 11) is 1.44. The van der Waals surface area contributed by atoms with E-state index in [0.29, 0.717) is 22.4 Å². The van der Waals surface area contributed by atoms with E-state index >= 15 is 0 Å². The van der Waals surface area contributed by atoms with E-state index in [1.165, 1.54) is 13.2 Å². The van der Waals surface area contributed by atoms with Gasteiger partial charge in [0.15, 0.2) is 6.79 Å². The molecular weight excluding hydrogens is 348 g/mol. The highest BCUT2D eigenvalue weighted by atomic mass is 16.7. The van der Waals surface area contributed by atoms with Crippen LogP contribution >= 0.6 is 0 Å². The zero-order valence-corrected chi connectivity index (χ0v) is 14.4. The maximum absolute atomic E-state index is 11.4. The van der Waals surface area contributed by atoms with Gasteiger partial charge in [-0.15, -0.1) is 0 Å². The smallest absolute Gasteiger partial charge is 0.339 e. The van der Waals surface area contributed by atoms with Crippen molar-refractivity contribution in [3.63, 3.8) is 0 Å². The Morgan fingerprint density at radius 1 is 1.19 bits per heavy atom. The summed E-state index contributed by atoms with van der Waals surface area (Å²) in [6, 6.07) is 13.4. The van der Waals surface area contributed by atoms with Crippen molar-refractivity contribution in [1.82, 2.24) is 4.57 Å². The zero-order valence-electron chi connectivity index (χ0n) is 14.4. The third-order valence-electron chi connectivity index (χ3n) is 3.97. The first kappa shape index (κ1) is 18.0. The number of ether oxygens (including phenoxy) is 2. The molecule has 0 spiro atoms. The van der Waals surface area contributed by atoms with Gasteiger partial charge in [-0.1, -0.05) is 18.2 Å². The molecule has 3 aromatic rings. The number of phenols is 1. The lowest BCUT2D eigenvalue weighted by Crippen LogP contribution is -2.06. The normalized spacial score (nSPS) is 10.4. The number of aromatic hydroxyl groups is 1. The Bertz CT molecular complexity index is 1030. The van der Waals surface area contributed by atoms with E-state index in [1.807, 2.05) is 0 Å². The van der Waals surface area contributed by atoms with E-state index in [1.54, 1.807) is 53.4 Å². The largest absolute Gasteiger partial charge is 0.507 e. The Hall–Kier alpha value is -3.76. The molecule has 0 unspecified atom stereocenters. The first-order chi connectivity index (χ1) is 13.0. The Balaban J connectivity index is 2.08. The molecule has 3 rings (SSSR count). The average Bonchev–Trinajstić information content (AvgIpc) is 3.10. The highest BCUT2D eigenvalue weighted by Gasteiger charge is 2.16. The molecule has 136 valence electrons. The predicted molar refractivity (Wildman–Crippen MR) is 97.0 cm³/mol. The van der Waals surface area contributed by atoms with Crippen LogP contribution in [0.1, 0.15) is 15.9 Å². The Labute approximate surface area is 155 Å². The number of carboxylic acids is 1. The highest BCUT2D eigenvalue weighted by molar-refractivity contribution is 5.91. The third-order valence-corrected chi connectivity index (χ3v) is 3.97. The summed E-state index contributed by atoms with van der Waals surface area (Å²) in [6.07, 6.45) is 3.31. The molecule has 2 N–H and O–H groups in total. The Morgan fingerprint density at radius 2 is 1.96 bits per heavy atom. The molecule has 1 aromatic heterocycles. The van der Waals surface area contributed by atoms with Crippen LogP contribution < -0.4 is 4.74 Å². The number of hydrogen-bond donors (Lipinski definition) is 2. The second-order valence-electron chi connectivity index (χ2n) is 5.66. The number of nitrogens with zero attached hydrogens (tertiary/aromatic N) is 2. The number of phenolic OH excluding ortho intramolecular Hbond substituents is 1. The second-order valence-corrected chi connectivity index (χ2v) is 5.66. The molecule has 0 saturated carbocycles. The van der Waals surface area contributed by atoms with Gasteiger partial charge in [0.1, 0.15) is 23.1 Å². The van der Waals surface area contributed by atoms with Crippen molar-refractivity contribution in [2.75, 3.05) is 13.9 Å². The summed E-state index contributed by atoms with van der Waals surface area (Å²) in [6.45, 7) is -0.0952. The number of hydrogen-bond acceptors (Lipinski definition) is 5. The lowest BCUT2D eigenvalue weighted by Gasteiger charge is -2.11. The fourth-order valence-corrected chi connectivity index (χ4v) is 2.70. The molecule has 0 aliphatic rings. The minimum absolute atomic E-state index is 0.00406. The van der Waals surface area contributed by atoms with Gasteiger partial charge in [0.2, 0.25) is 0 Å². The van der Waals surface area contributed by atoms with Crippen LogP contribution in [0, 0.1) is 11.3 Å². The number of aromatic carboxylic acids is 1. The Morgan fingerprint density at radius 3 is 2.63 bits per heavy atom. The van der Waals surface area contributed by atoms with Crippen LogP contribution in [0.3, 0.4) is 0 Å². The van der Waals surface area contributed by atoms with Gasteiger partial charge >= 0.3 is 5.97 Å². The van der Waals surface area contributed by atoms with Crippen LogP contribution in [-0.2, 0) is 4.74 Å². The fraction of sp³-hybridized carbons (Fsp3) is 0.100. The number of carboxylic acid groups (broad SMARTS) is 1. The summed E-state index contributed by atoms with van der Waals surface area (Å²) in [5, 5.41) is 28.8. The van der Waals surface area contributed by atoms with Crippen molar-refractivity contribution < 1.29 is 24.5 Å². The van der Waals surface area contributed by atoms with E-state index < -0.39 is 5.97 Å². The summed E-state index contributed by atoms with van der Waals surface area (Å²) in [4.78, 5) is 11.4. The molecule has 0 atom stereocenters. The van der Waals surface area contributed by atoms with E-state index in [2.05, 4.69) is 6.07 Å². The molecular formula is C20H16N2O5. The SMILES string of the molecule is COCOc1cc(-n2cc(C#N)c(-c3ccccc3O)c2)ccc1C(=O)O. The monoisotopic (exact) mass is 364 g/mol. The van der Waals surface area contributed by atoms with Crippen LogP contribution in [0.25, 0.3) is 16.8 Å². The summed E-state index contributed by atoms with van der Waals surface area (Å²) in [5.41, 5.74) is 2.08. The van der Waals surface area contributed by atoms with Gasteiger partial charge in [-0.2, -0.15) is 5.26 Å². The molecule has 2 aromatic carbocycles. The molecule has 0 amide bonds. The number of methoxy groups -OCH3 is 1. The number of rotatable bonds is 6. The first-order valence-electron chi connectivity index (χ1n) is 7.95. The topological polar surface area (TPSA) is 105 Å². The molecule has 0 saturated heterocycles. The van der Waals surface area contributed by atoms with E-state index in [9.17, 15) is 20.3 Å². The van der Waals surface area contributed by atoms with Crippen molar-refractivity contribution in [3.8, 4) is 34.4 Å². The summed E-state index contributed by atoms with van der Waals surface area (Å²) < 4.78 is 11.9.